The standard InChI is InChI=1S/C31H51NO5/c1-16(2)23(37-26(32)35)18-14-17(3)22-24(36-18)25(34)29(7)20-9-8-19-27(4,5)21(33)10-11-30(19)15-31(20,30)13-12-28(22,29)6/h16-25,33-34H,8-15H2,1-7H3,(H2,32,35)/t17-,18?,19+,20?,21+,22+,23-,24?,25+,28-,29-,30-,31?/m1/s1. The van der Waals surface area contributed by atoms with Gasteiger partial charge in [0.05, 0.1) is 24.4 Å². The Bertz CT molecular complexity index is 967. The van der Waals surface area contributed by atoms with Gasteiger partial charge in [0, 0.05) is 5.41 Å². The monoisotopic (exact) mass is 517 g/mol. The third-order valence-electron chi connectivity index (χ3n) is 14.1. The Kier molecular flexibility index (Phi) is 5.61. The molecule has 1 amide bonds. The predicted octanol–water partition coefficient (Wildman–Crippen LogP) is 5.28. The molecule has 1 aliphatic heterocycles. The number of hydrogen-bond donors (Lipinski definition) is 3. The van der Waals surface area contributed by atoms with Gasteiger partial charge in [0.25, 0.3) is 0 Å². The summed E-state index contributed by atoms with van der Waals surface area (Å²) in [6.45, 7) is 15.9. The zero-order chi connectivity index (χ0) is 26.9. The second-order valence-electron chi connectivity index (χ2n) is 15.7. The van der Waals surface area contributed by atoms with Crippen molar-refractivity contribution in [1.29, 1.82) is 0 Å². The van der Waals surface area contributed by atoms with Crippen molar-refractivity contribution < 1.29 is 24.5 Å². The molecule has 0 aromatic heterocycles. The van der Waals surface area contributed by atoms with Crippen molar-refractivity contribution in [2.45, 2.75) is 130 Å². The minimum absolute atomic E-state index is 0.00950. The molecule has 0 aromatic carbocycles. The van der Waals surface area contributed by atoms with Gasteiger partial charge in [-0.25, -0.2) is 4.79 Å². The maximum absolute atomic E-state index is 12.3. The van der Waals surface area contributed by atoms with Crippen molar-refractivity contribution in [3.05, 3.63) is 0 Å². The average Bonchev–Trinajstić information content (AvgIpc) is 3.45. The van der Waals surface area contributed by atoms with Crippen molar-refractivity contribution in [2.75, 3.05) is 0 Å². The van der Waals surface area contributed by atoms with Crippen molar-refractivity contribution in [3.63, 3.8) is 0 Å². The molecule has 0 radical (unpaired) electrons. The number of primary amides is 1. The molecule has 1 heterocycles. The van der Waals surface area contributed by atoms with Gasteiger partial charge in [0.15, 0.2) is 0 Å². The summed E-state index contributed by atoms with van der Waals surface area (Å²) in [7, 11) is 0. The van der Waals surface area contributed by atoms with Gasteiger partial charge in [-0.15, -0.1) is 0 Å². The first-order valence-corrected chi connectivity index (χ1v) is 15.1. The first kappa shape index (κ1) is 26.4. The van der Waals surface area contributed by atoms with Crippen LogP contribution in [0.2, 0.25) is 0 Å². The van der Waals surface area contributed by atoms with Gasteiger partial charge in [-0.2, -0.15) is 0 Å². The van der Waals surface area contributed by atoms with Gasteiger partial charge in [-0.05, 0) is 103 Å². The van der Waals surface area contributed by atoms with Crippen LogP contribution < -0.4 is 5.73 Å². The lowest BCUT2D eigenvalue weighted by Crippen LogP contribution is -2.59. The van der Waals surface area contributed by atoms with E-state index in [1.807, 2.05) is 13.8 Å². The van der Waals surface area contributed by atoms with E-state index in [1.54, 1.807) is 0 Å². The molecule has 5 saturated carbocycles. The van der Waals surface area contributed by atoms with E-state index in [0.717, 1.165) is 38.5 Å². The van der Waals surface area contributed by atoms with Crippen LogP contribution in [0.5, 0.6) is 0 Å². The fourth-order valence-corrected chi connectivity index (χ4v) is 12.3. The smallest absolute Gasteiger partial charge is 0.404 e. The maximum Gasteiger partial charge on any atom is 0.404 e. The third-order valence-corrected chi connectivity index (χ3v) is 14.1. The Morgan fingerprint density at radius 3 is 2.30 bits per heavy atom. The average molecular weight is 518 g/mol. The molecule has 0 aromatic rings. The summed E-state index contributed by atoms with van der Waals surface area (Å²) in [5.74, 6) is 1.80. The van der Waals surface area contributed by atoms with Gasteiger partial charge in [0.1, 0.15) is 6.10 Å². The van der Waals surface area contributed by atoms with E-state index >= 15 is 0 Å². The summed E-state index contributed by atoms with van der Waals surface area (Å²) in [6.07, 6.45) is 6.46. The number of nitrogens with two attached hydrogens (primary N) is 1. The van der Waals surface area contributed by atoms with Gasteiger partial charge >= 0.3 is 6.09 Å². The molecule has 210 valence electrons. The van der Waals surface area contributed by atoms with Crippen LogP contribution in [-0.2, 0) is 9.47 Å². The van der Waals surface area contributed by atoms with Gasteiger partial charge in [-0.3, -0.25) is 0 Å². The molecule has 13 atom stereocenters. The summed E-state index contributed by atoms with van der Waals surface area (Å²) >= 11 is 0. The summed E-state index contributed by atoms with van der Waals surface area (Å²) in [6, 6.07) is 0. The van der Waals surface area contributed by atoms with Crippen LogP contribution in [0.3, 0.4) is 0 Å². The number of aliphatic hydroxyl groups excluding tert-OH is 2. The molecule has 5 aliphatic carbocycles. The number of ether oxygens (including phenoxy) is 2. The van der Waals surface area contributed by atoms with E-state index < -0.39 is 18.3 Å². The normalized spacial score (nSPS) is 56.3. The highest BCUT2D eigenvalue weighted by Crippen LogP contribution is 2.89. The number of amides is 1. The number of carbonyl (C=O) groups excluding carboxylic acids is 1. The van der Waals surface area contributed by atoms with Crippen LogP contribution in [0.1, 0.15) is 99.8 Å². The Labute approximate surface area is 223 Å². The van der Waals surface area contributed by atoms with Crippen LogP contribution in [-0.4, -0.2) is 46.8 Å². The highest BCUT2D eigenvalue weighted by Gasteiger charge is 2.84. The predicted molar refractivity (Wildman–Crippen MR) is 141 cm³/mol. The Morgan fingerprint density at radius 2 is 1.65 bits per heavy atom. The largest absolute Gasteiger partial charge is 0.443 e. The molecule has 6 heteroatoms. The maximum atomic E-state index is 12.3. The van der Waals surface area contributed by atoms with Gasteiger partial charge < -0.3 is 25.4 Å². The van der Waals surface area contributed by atoms with Crippen molar-refractivity contribution in [3.8, 4) is 0 Å². The number of carbonyl (C=O) groups is 1. The number of aliphatic hydroxyl groups is 2. The molecule has 6 rings (SSSR count). The van der Waals surface area contributed by atoms with Crippen LogP contribution in [0.25, 0.3) is 0 Å². The van der Waals surface area contributed by atoms with Crippen LogP contribution >= 0.6 is 0 Å². The first-order chi connectivity index (χ1) is 17.2. The summed E-state index contributed by atoms with van der Waals surface area (Å²) in [5.41, 5.74) is 5.84. The van der Waals surface area contributed by atoms with Crippen molar-refractivity contribution >= 4 is 6.09 Å². The van der Waals surface area contributed by atoms with Gasteiger partial charge in [-0.1, -0.05) is 48.5 Å². The second-order valence-corrected chi connectivity index (χ2v) is 15.7. The fourth-order valence-electron chi connectivity index (χ4n) is 12.3. The summed E-state index contributed by atoms with van der Waals surface area (Å²) < 4.78 is 12.4. The molecular formula is C31H51NO5. The molecule has 6 nitrogen and oxygen atoms in total. The zero-order valence-electron chi connectivity index (χ0n) is 24.1. The lowest BCUT2D eigenvalue weighted by atomic mass is 9.41. The molecule has 4 unspecified atom stereocenters. The van der Waals surface area contributed by atoms with E-state index in [1.165, 1.54) is 12.8 Å². The molecular weight excluding hydrogens is 466 g/mol. The van der Waals surface area contributed by atoms with E-state index in [4.69, 9.17) is 15.2 Å². The first-order valence-electron chi connectivity index (χ1n) is 15.1. The topological polar surface area (TPSA) is 102 Å². The van der Waals surface area contributed by atoms with Crippen molar-refractivity contribution in [2.24, 2.45) is 62.4 Å². The SMILES string of the molecule is CC(C)[C@@H](OC(N)=O)C1C[C@@H](C)[C@H]2C(O1)[C@H](O)[C@@]1(C)C3CC[C@H]4C(C)(C)[C@@H](O)CC[C@@]45CC35CC[C@]21C. The minimum Gasteiger partial charge on any atom is -0.443 e. The Morgan fingerprint density at radius 1 is 1.00 bits per heavy atom. The molecule has 37 heavy (non-hydrogen) atoms. The van der Waals surface area contributed by atoms with Crippen LogP contribution in [0.4, 0.5) is 4.79 Å². The van der Waals surface area contributed by atoms with E-state index in [-0.39, 0.29) is 40.5 Å². The Hall–Kier alpha value is -0.850. The minimum atomic E-state index is -0.755. The van der Waals surface area contributed by atoms with E-state index in [2.05, 4.69) is 34.6 Å². The lowest BCUT2D eigenvalue weighted by Gasteiger charge is -2.63. The van der Waals surface area contributed by atoms with Crippen molar-refractivity contribution in [1.82, 2.24) is 0 Å². The van der Waals surface area contributed by atoms with Gasteiger partial charge in [0.2, 0.25) is 0 Å². The lowest BCUT2D eigenvalue weighted by molar-refractivity contribution is -0.184. The number of hydrogen-bond acceptors (Lipinski definition) is 5. The molecule has 1 saturated heterocycles. The number of rotatable bonds is 3. The highest BCUT2D eigenvalue weighted by atomic mass is 16.6. The highest BCUT2D eigenvalue weighted by molar-refractivity contribution is 5.64. The van der Waals surface area contributed by atoms with Crippen LogP contribution in [0.15, 0.2) is 0 Å². The van der Waals surface area contributed by atoms with E-state index in [9.17, 15) is 15.0 Å². The third kappa shape index (κ3) is 3.02. The van der Waals surface area contributed by atoms with Crippen LogP contribution in [0, 0.1) is 56.7 Å². The Balaban J connectivity index is 1.34. The summed E-state index contributed by atoms with van der Waals surface area (Å²) in [5, 5.41) is 23.2. The molecule has 6 aliphatic rings. The quantitative estimate of drug-likeness (QED) is 0.473. The molecule has 4 N–H and O–H groups in total. The number of fused-ring (bicyclic) bond motifs is 4. The molecule has 6 fully saturated rings. The van der Waals surface area contributed by atoms with E-state index in [0.29, 0.717) is 34.5 Å². The zero-order valence-corrected chi connectivity index (χ0v) is 24.1. The molecule has 2 spiro atoms. The fraction of sp³-hybridized carbons (Fsp3) is 0.968. The molecule has 0 bridgehead atoms. The summed E-state index contributed by atoms with van der Waals surface area (Å²) in [4.78, 5) is 11.7. The second kappa shape index (κ2) is 7.87.